The third-order valence-electron chi connectivity index (χ3n) is 1.72. The highest BCUT2D eigenvalue weighted by atomic mass is 19.4. The summed E-state index contributed by atoms with van der Waals surface area (Å²) in [4.78, 5) is 12.5. The number of likely N-dealkylation sites (N-methyl/N-ethyl adjacent to an activating group) is 1. The number of alkyl halides is 3. The summed E-state index contributed by atoms with van der Waals surface area (Å²) in [6.07, 6.45) is -3.85. The molecule has 0 aromatic heterocycles. The molecule has 0 atom stereocenters. The maximum atomic E-state index is 11.7. The van der Waals surface area contributed by atoms with Gasteiger partial charge >= 0.3 is 12.1 Å². The zero-order chi connectivity index (χ0) is 12.6. The van der Waals surface area contributed by atoms with Crippen molar-refractivity contribution in [2.45, 2.75) is 12.6 Å². The summed E-state index contributed by atoms with van der Waals surface area (Å²) in [7, 11) is 2.96. The number of carbonyl (C=O) groups is 1. The third-order valence-corrected chi connectivity index (χ3v) is 1.72. The molecule has 0 aliphatic heterocycles. The van der Waals surface area contributed by atoms with E-state index in [0.717, 1.165) is 0 Å². The van der Waals surface area contributed by atoms with E-state index in [1.807, 2.05) is 0 Å². The summed E-state index contributed by atoms with van der Waals surface area (Å²) >= 11 is 0. The number of esters is 1. The van der Waals surface area contributed by atoms with Gasteiger partial charge in [-0.05, 0) is 13.5 Å². The van der Waals surface area contributed by atoms with Crippen LogP contribution in [0, 0.1) is 0 Å². The second-order valence-corrected chi connectivity index (χ2v) is 3.34. The molecule has 0 N–H and O–H groups in total. The molecule has 0 spiro atoms. The quantitative estimate of drug-likeness (QED) is 0.495. The molecule has 0 amide bonds. The normalized spacial score (nSPS) is 11.9. The lowest BCUT2D eigenvalue weighted by atomic mass is 10.4. The Morgan fingerprint density at radius 3 is 2.50 bits per heavy atom. The standard InChI is InChI=1S/C9H16F3NO3/c1-13(6-8(14)15-2)4-3-5-16-7-9(10,11)12/h3-7H2,1-2H3. The van der Waals surface area contributed by atoms with Crippen LogP contribution < -0.4 is 0 Å². The lowest BCUT2D eigenvalue weighted by molar-refractivity contribution is -0.174. The van der Waals surface area contributed by atoms with Crippen molar-refractivity contribution >= 4 is 5.97 Å². The highest BCUT2D eigenvalue weighted by molar-refractivity contribution is 5.71. The first-order valence-corrected chi connectivity index (χ1v) is 4.75. The Labute approximate surface area is 92.3 Å². The van der Waals surface area contributed by atoms with Gasteiger partial charge in [-0.15, -0.1) is 0 Å². The van der Waals surface area contributed by atoms with Crippen molar-refractivity contribution in [2.75, 3.05) is 40.5 Å². The first-order valence-electron chi connectivity index (χ1n) is 4.75. The fraction of sp³-hybridized carbons (Fsp3) is 0.889. The number of hydrogen-bond donors (Lipinski definition) is 0. The molecule has 0 fully saturated rings. The summed E-state index contributed by atoms with van der Waals surface area (Å²) in [6.45, 7) is -0.610. The average molecular weight is 243 g/mol. The largest absolute Gasteiger partial charge is 0.468 e. The predicted octanol–water partition coefficient (Wildman–Crippen LogP) is 1.06. The van der Waals surface area contributed by atoms with Crippen molar-refractivity contribution in [1.82, 2.24) is 4.90 Å². The summed E-state index contributed by atoms with van der Waals surface area (Å²) in [5.41, 5.74) is 0. The molecule has 96 valence electrons. The van der Waals surface area contributed by atoms with E-state index in [-0.39, 0.29) is 19.1 Å². The second-order valence-electron chi connectivity index (χ2n) is 3.34. The monoisotopic (exact) mass is 243 g/mol. The Hall–Kier alpha value is -0.820. The number of rotatable bonds is 7. The summed E-state index contributed by atoms with van der Waals surface area (Å²) < 4.78 is 43.8. The third kappa shape index (κ3) is 9.72. The number of nitrogens with zero attached hydrogens (tertiary/aromatic N) is 1. The molecule has 0 rings (SSSR count). The van der Waals surface area contributed by atoms with Gasteiger partial charge in [-0.1, -0.05) is 0 Å². The van der Waals surface area contributed by atoms with E-state index in [0.29, 0.717) is 13.0 Å². The van der Waals surface area contributed by atoms with E-state index in [4.69, 9.17) is 0 Å². The average Bonchev–Trinajstić information content (AvgIpc) is 2.15. The molecule has 0 bridgehead atoms. The Morgan fingerprint density at radius 2 is 2.00 bits per heavy atom. The second kappa shape index (κ2) is 7.45. The Kier molecular flexibility index (Phi) is 7.07. The summed E-state index contributed by atoms with van der Waals surface area (Å²) in [5, 5.41) is 0. The SMILES string of the molecule is COC(=O)CN(C)CCCOCC(F)(F)F. The molecule has 0 aromatic rings. The van der Waals surface area contributed by atoms with Gasteiger partial charge in [0.05, 0.1) is 13.7 Å². The minimum absolute atomic E-state index is 0.0189. The maximum Gasteiger partial charge on any atom is 0.411 e. The van der Waals surface area contributed by atoms with Gasteiger partial charge in [0.25, 0.3) is 0 Å². The molecule has 0 aliphatic rings. The van der Waals surface area contributed by atoms with Crippen LogP contribution in [0.3, 0.4) is 0 Å². The molecular weight excluding hydrogens is 227 g/mol. The van der Waals surface area contributed by atoms with Crippen molar-refractivity contribution in [3.8, 4) is 0 Å². The number of carbonyl (C=O) groups excluding carboxylic acids is 1. The Bertz CT molecular complexity index is 209. The molecule has 16 heavy (non-hydrogen) atoms. The van der Waals surface area contributed by atoms with Gasteiger partial charge in [0.15, 0.2) is 0 Å². The van der Waals surface area contributed by atoms with Gasteiger partial charge < -0.3 is 9.47 Å². The molecule has 0 unspecified atom stereocenters. The smallest absolute Gasteiger partial charge is 0.411 e. The summed E-state index contributed by atoms with van der Waals surface area (Å²) in [6, 6.07) is 0. The van der Waals surface area contributed by atoms with E-state index in [2.05, 4.69) is 9.47 Å². The van der Waals surface area contributed by atoms with E-state index < -0.39 is 12.8 Å². The van der Waals surface area contributed by atoms with Crippen LogP contribution in [0.4, 0.5) is 13.2 Å². The van der Waals surface area contributed by atoms with Gasteiger partial charge in [0.2, 0.25) is 0 Å². The predicted molar refractivity (Wildman–Crippen MR) is 51.0 cm³/mol. The summed E-state index contributed by atoms with van der Waals surface area (Å²) in [5.74, 6) is -0.376. The lowest BCUT2D eigenvalue weighted by Gasteiger charge is -2.14. The van der Waals surface area contributed by atoms with Crippen molar-refractivity contribution in [2.24, 2.45) is 0 Å². The van der Waals surface area contributed by atoms with Crippen LogP contribution in [0.2, 0.25) is 0 Å². The van der Waals surface area contributed by atoms with Crippen LogP contribution in [0.5, 0.6) is 0 Å². The van der Waals surface area contributed by atoms with Crippen molar-refractivity contribution in [3.63, 3.8) is 0 Å². The molecule has 0 aliphatic carbocycles. The minimum Gasteiger partial charge on any atom is -0.468 e. The van der Waals surface area contributed by atoms with E-state index in [1.165, 1.54) is 7.11 Å². The molecule has 0 heterocycles. The van der Waals surface area contributed by atoms with Crippen molar-refractivity contribution in [1.29, 1.82) is 0 Å². The molecule has 4 nitrogen and oxygen atoms in total. The van der Waals surface area contributed by atoms with Crippen molar-refractivity contribution in [3.05, 3.63) is 0 Å². The zero-order valence-corrected chi connectivity index (χ0v) is 9.34. The number of halogens is 3. The van der Waals surface area contributed by atoms with Crippen LogP contribution in [-0.2, 0) is 14.3 Å². The number of ether oxygens (including phenoxy) is 2. The Balaban J connectivity index is 3.41. The van der Waals surface area contributed by atoms with Crippen LogP contribution >= 0.6 is 0 Å². The highest BCUT2D eigenvalue weighted by Gasteiger charge is 2.27. The van der Waals surface area contributed by atoms with Gasteiger partial charge in [0.1, 0.15) is 6.61 Å². The van der Waals surface area contributed by atoms with Gasteiger partial charge in [0, 0.05) is 13.2 Å². The topological polar surface area (TPSA) is 38.8 Å². The van der Waals surface area contributed by atoms with E-state index in [9.17, 15) is 18.0 Å². The molecule has 0 saturated carbocycles. The highest BCUT2D eigenvalue weighted by Crippen LogP contribution is 2.14. The number of methoxy groups -OCH3 is 1. The number of hydrogen-bond acceptors (Lipinski definition) is 4. The van der Waals surface area contributed by atoms with Crippen molar-refractivity contribution < 1.29 is 27.4 Å². The minimum atomic E-state index is -4.28. The Morgan fingerprint density at radius 1 is 1.38 bits per heavy atom. The van der Waals surface area contributed by atoms with E-state index in [1.54, 1.807) is 11.9 Å². The van der Waals surface area contributed by atoms with Crippen LogP contribution in [0.1, 0.15) is 6.42 Å². The van der Waals surface area contributed by atoms with Crippen LogP contribution in [-0.4, -0.2) is 57.5 Å². The zero-order valence-electron chi connectivity index (χ0n) is 9.34. The van der Waals surface area contributed by atoms with Gasteiger partial charge in [-0.25, -0.2) is 0 Å². The first-order chi connectivity index (χ1) is 7.35. The fourth-order valence-corrected chi connectivity index (χ4v) is 0.988. The fourth-order valence-electron chi connectivity index (χ4n) is 0.988. The molecular formula is C9H16F3NO3. The maximum absolute atomic E-state index is 11.7. The molecule has 7 heteroatoms. The van der Waals surface area contributed by atoms with Crippen LogP contribution in [0.15, 0.2) is 0 Å². The van der Waals surface area contributed by atoms with Gasteiger partial charge in [-0.2, -0.15) is 13.2 Å². The first kappa shape index (κ1) is 15.2. The molecule has 0 saturated heterocycles. The van der Waals surface area contributed by atoms with E-state index >= 15 is 0 Å². The lowest BCUT2D eigenvalue weighted by Crippen LogP contribution is -2.28. The van der Waals surface area contributed by atoms with Crippen LogP contribution in [0.25, 0.3) is 0 Å². The van der Waals surface area contributed by atoms with Gasteiger partial charge in [-0.3, -0.25) is 9.69 Å². The molecule has 0 radical (unpaired) electrons. The molecule has 0 aromatic carbocycles.